The summed E-state index contributed by atoms with van der Waals surface area (Å²) in [7, 11) is 0. The van der Waals surface area contributed by atoms with Crippen LogP contribution in [0.5, 0.6) is 0 Å². The molecule has 2 nitrogen and oxygen atoms in total. The molecule has 1 aliphatic rings. The van der Waals surface area contributed by atoms with Gasteiger partial charge in [0, 0.05) is 12.1 Å². The van der Waals surface area contributed by atoms with Crippen molar-refractivity contribution in [2.45, 2.75) is 26.7 Å². The van der Waals surface area contributed by atoms with Crippen molar-refractivity contribution >= 4 is 5.78 Å². The van der Waals surface area contributed by atoms with E-state index in [0.717, 1.165) is 19.5 Å². The number of carbonyl (C=O) groups is 1. The predicted molar refractivity (Wildman–Crippen MR) is 70.2 cm³/mol. The van der Waals surface area contributed by atoms with Gasteiger partial charge in [-0.15, -0.1) is 0 Å². The van der Waals surface area contributed by atoms with E-state index in [2.05, 4.69) is 18.7 Å². The summed E-state index contributed by atoms with van der Waals surface area (Å²) >= 11 is 0. The van der Waals surface area contributed by atoms with E-state index >= 15 is 0 Å². The summed E-state index contributed by atoms with van der Waals surface area (Å²) in [5.74, 6) is -0.224. The van der Waals surface area contributed by atoms with Crippen LogP contribution in [0.2, 0.25) is 0 Å². The Morgan fingerprint density at radius 2 is 2.00 bits per heavy atom. The average Bonchev–Trinajstić information content (AvgIpc) is 2.28. The normalized spacial score (nSPS) is 19.7. The number of carbonyl (C=O) groups excluding carboxylic acids is 1. The molecule has 2 rings (SSSR count). The fourth-order valence-corrected chi connectivity index (χ4v) is 2.61. The van der Waals surface area contributed by atoms with Gasteiger partial charge >= 0.3 is 0 Å². The Hall–Kier alpha value is -1.22. The van der Waals surface area contributed by atoms with Crippen LogP contribution in [-0.2, 0) is 0 Å². The number of nitrogens with zero attached hydrogens (tertiary/aromatic N) is 1. The maximum absolute atomic E-state index is 12.8. The number of benzene rings is 1. The summed E-state index contributed by atoms with van der Waals surface area (Å²) in [5, 5.41) is 0. The van der Waals surface area contributed by atoms with Crippen LogP contribution in [0.25, 0.3) is 0 Å². The lowest BCUT2D eigenvalue weighted by Crippen LogP contribution is -2.42. The predicted octanol–water partition coefficient (Wildman–Crippen LogP) is 3.13. The molecule has 1 fully saturated rings. The molecule has 0 radical (unpaired) electrons. The second-order valence-corrected chi connectivity index (χ2v) is 5.91. The number of ketones is 1. The van der Waals surface area contributed by atoms with Gasteiger partial charge in [0.05, 0.1) is 6.54 Å². The van der Waals surface area contributed by atoms with E-state index in [1.165, 1.54) is 18.6 Å². The molecule has 18 heavy (non-hydrogen) atoms. The first-order chi connectivity index (χ1) is 8.46. The zero-order chi connectivity index (χ0) is 13.2. The fraction of sp³-hybridized carbons (Fsp3) is 0.533. The van der Waals surface area contributed by atoms with E-state index in [0.29, 0.717) is 17.5 Å². The molecule has 0 aromatic heterocycles. The highest BCUT2D eigenvalue weighted by molar-refractivity contribution is 5.97. The van der Waals surface area contributed by atoms with Gasteiger partial charge in [-0.25, -0.2) is 4.39 Å². The number of hydrogen-bond acceptors (Lipinski definition) is 2. The molecule has 0 atom stereocenters. The molecule has 1 heterocycles. The van der Waals surface area contributed by atoms with Gasteiger partial charge in [-0.1, -0.05) is 13.8 Å². The van der Waals surface area contributed by atoms with Crippen molar-refractivity contribution in [3.8, 4) is 0 Å². The zero-order valence-corrected chi connectivity index (χ0v) is 11.1. The lowest BCUT2D eigenvalue weighted by Gasteiger charge is -2.37. The van der Waals surface area contributed by atoms with Crippen molar-refractivity contribution in [1.29, 1.82) is 0 Å². The largest absolute Gasteiger partial charge is 0.295 e. The van der Waals surface area contributed by atoms with Crippen LogP contribution in [0.3, 0.4) is 0 Å². The summed E-state index contributed by atoms with van der Waals surface area (Å²) in [6, 6.07) is 5.81. The standard InChI is InChI=1S/C15H20FNO/c1-15(2)8-3-9-17(11-15)10-14(18)12-4-6-13(16)7-5-12/h4-7H,3,8-11H2,1-2H3. The molecule has 0 spiro atoms. The van der Waals surface area contributed by atoms with Crippen LogP contribution in [0.15, 0.2) is 24.3 Å². The molecule has 3 heteroatoms. The summed E-state index contributed by atoms with van der Waals surface area (Å²) in [5.41, 5.74) is 0.890. The summed E-state index contributed by atoms with van der Waals surface area (Å²) in [4.78, 5) is 14.3. The van der Waals surface area contributed by atoms with Crippen molar-refractivity contribution < 1.29 is 9.18 Å². The highest BCUT2D eigenvalue weighted by atomic mass is 19.1. The first-order valence-corrected chi connectivity index (χ1v) is 6.47. The average molecular weight is 249 g/mol. The lowest BCUT2D eigenvalue weighted by molar-refractivity contribution is 0.0810. The second-order valence-electron chi connectivity index (χ2n) is 5.91. The number of Topliss-reactive ketones (excluding diaryl/α,β-unsaturated/α-hetero) is 1. The van der Waals surface area contributed by atoms with Crippen LogP contribution in [0.4, 0.5) is 4.39 Å². The Labute approximate surface area is 108 Å². The van der Waals surface area contributed by atoms with E-state index in [1.54, 1.807) is 12.1 Å². The van der Waals surface area contributed by atoms with Gasteiger partial charge in [-0.2, -0.15) is 0 Å². The molecule has 1 saturated heterocycles. The number of hydrogen-bond donors (Lipinski definition) is 0. The van der Waals surface area contributed by atoms with Gasteiger partial charge in [0.25, 0.3) is 0 Å². The SMILES string of the molecule is CC1(C)CCCN(CC(=O)c2ccc(F)cc2)C1. The highest BCUT2D eigenvalue weighted by Gasteiger charge is 2.27. The number of likely N-dealkylation sites (tertiary alicyclic amines) is 1. The van der Waals surface area contributed by atoms with Gasteiger partial charge in [-0.05, 0) is 49.1 Å². The maximum atomic E-state index is 12.8. The minimum atomic E-state index is -0.300. The van der Waals surface area contributed by atoms with Crippen LogP contribution in [0.1, 0.15) is 37.0 Å². The van der Waals surface area contributed by atoms with E-state index in [9.17, 15) is 9.18 Å². The Morgan fingerprint density at radius 1 is 1.33 bits per heavy atom. The molecular formula is C15H20FNO. The third kappa shape index (κ3) is 3.39. The number of halogens is 1. The van der Waals surface area contributed by atoms with E-state index < -0.39 is 0 Å². The molecular weight excluding hydrogens is 229 g/mol. The quantitative estimate of drug-likeness (QED) is 0.767. The minimum Gasteiger partial charge on any atom is -0.295 e. The first kappa shape index (κ1) is 13.2. The minimum absolute atomic E-state index is 0.0766. The molecule has 0 bridgehead atoms. The Kier molecular flexibility index (Phi) is 3.81. The van der Waals surface area contributed by atoms with Gasteiger partial charge in [-0.3, -0.25) is 9.69 Å². The molecule has 0 unspecified atom stereocenters. The monoisotopic (exact) mass is 249 g/mol. The van der Waals surface area contributed by atoms with Crippen molar-refractivity contribution in [2.75, 3.05) is 19.6 Å². The molecule has 1 aromatic rings. The molecule has 1 aromatic carbocycles. The summed E-state index contributed by atoms with van der Waals surface area (Å²) < 4.78 is 12.8. The topological polar surface area (TPSA) is 20.3 Å². The Balaban J connectivity index is 1.97. The number of piperidine rings is 1. The van der Waals surface area contributed by atoms with Crippen molar-refractivity contribution in [1.82, 2.24) is 4.90 Å². The number of rotatable bonds is 3. The zero-order valence-electron chi connectivity index (χ0n) is 11.1. The highest BCUT2D eigenvalue weighted by Crippen LogP contribution is 2.28. The fourth-order valence-electron chi connectivity index (χ4n) is 2.61. The molecule has 1 aliphatic heterocycles. The molecule has 0 amide bonds. The second kappa shape index (κ2) is 5.19. The lowest BCUT2D eigenvalue weighted by atomic mass is 9.84. The van der Waals surface area contributed by atoms with Gasteiger partial charge < -0.3 is 0 Å². The summed E-state index contributed by atoms with van der Waals surface area (Å²) in [6.07, 6.45) is 2.36. The van der Waals surface area contributed by atoms with E-state index in [-0.39, 0.29) is 11.6 Å². The van der Waals surface area contributed by atoms with Crippen molar-refractivity contribution in [3.05, 3.63) is 35.6 Å². The van der Waals surface area contributed by atoms with Gasteiger partial charge in [0.1, 0.15) is 5.82 Å². The van der Waals surface area contributed by atoms with Crippen LogP contribution in [0, 0.1) is 11.2 Å². The smallest absolute Gasteiger partial charge is 0.176 e. The first-order valence-electron chi connectivity index (χ1n) is 6.47. The Bertz CT molecular complexity index is 425. The summed E-state index contributed by atoms with van der Waals surface area (Å²) in [6.45, 7) is 6.86. The van der Waals surface area contributed by atoms with Gasteiger partial charge in [0.15, 0.2) is 5.78 Å². The molecule has 0 saturated carbocycles. The Morgan fingerprint density at radius 3 is 2.61 bits per heavy atom. The van der Waals surface area contributed by atoms with Crippen LogP contribution >= 0.6 is 0 Å². The maximum Gasteiger partial charge on any atom is 0.176 e. The van der Waals surface area contributed by atoms with Crippen molar-refractivity contribution in [3.63, 3.8) is 0 Å². The molecule has 0 aliphatic carbocycles. The van der Waals surface area contributed by atoms with Crippen molar-refractivity contribution in [2.24, 2.45) is 5.41 Å². The van der Waals surface area contributed by atoms with E-state index in [4.69, 9.17) is 0 Å². The van der Waals surface area contributed by atoms with Gasteiger partial charge in [0.2, 0.25) is 0 Å². The molecule has 98 valence electrons. The van der Waals surface area contributed by atoms with Crippen LogP contribution in [-0.4, -0.2) is 30.3 Å². The van der Waals surface area contributed by atoms with E-state index in [1.807, 2.05) is 0 Å². The van der Waals surface area contributed by atoms with Crippen LogP contribution < -0.4 is 0 Å². The third-order valence-corrected chi connectivity index (χ3v) is 3.51. The third-order valence-electron chi connectivity index (χ3n) is 3.51. The molecule has 0 N–H and O–H groups in total.